The molecule has 4 heterocycles. The zero-order chi connectivity index (χ0) is 23.4. The number of thiocarbonyl (C=S) groups is 1. The van der Waals surface area contributed by atoms with E-state index in [-0.39, 0.29) is 36.8 Å². The SMILES string of the molecule is Cc1cccn2c(=O)c(C=C3SC(=S)N(Cc4ccco4)C3=O)c(NCCOCCO)nc12. The number of nitrogens with zero attached hydrogens (tertiary/aromatic N) is 3. The van der Waals surface area contributed by atoms with Crippen LogP contribution in [0.5, 0.6) is 0 Å². The lowest BCUT2D eigenvalue weighted by Gasteiger charge is -2.13. The van der Waals surface area contributed by atoms with Gasteiger partial charge in [0.2, 0.25) is 0 Å². The number of pyridine rings is 1. The molecular formula is C22H22N4O5S2. The number of furan rings is 1. The van der Waals surface area contributed by atoms with Crippen molar-refractivity contribution in [1.82, 2.24) is 14.3 Å². The van der Waals surface area contributed by atoms with Crippen molar-refractivity contribution in [2.75, 3.05) is 31.7 Å². The van der Waals surface area contributed by atoms with E-state index < -0.39 is 0 Å². The summed E-state index contributed by atoms with van der Waals surface area (Å²) in [5.74, 6) is 0.659. The molecule has 0 aliphatic carbocycles. The lowest BCUT2D eigenvalue weighted by Crippen LogP contribution is -2.27. The molecule has 1 amide bonds. The van der Waals surface area contributed by atoms with E-state index in [2.05, 4.69) is 10.3 Å². The highest BCUT2D eigenvalue weighted by atomic mass is 32.2. The van der Waals surface area contributed by atoms with Gasteiger partial charge in [0.15, 0.2) is 0 Å². The number of carbonyl (C=O) groups is 1. The number of thioether (sulfide) groups is 1. The molecule has 1 aliphatic heterocycles. The minimum absolute atomic E-state index is 0.0696. The molecule has 0 saturated carbocycles. The molecule has 0 spiro atoms. The van der Waals surface area contributed by atoms with Crippen molar-refractivity contribution < 1.29 is 19.1 Å². The Labute approximate surface area is 199 Å². The highest BCUT2D eigenvalue weighted by Gasteiger charge is 2.33. The normalized spacial score (nSPS) is 15.2. The maximum atomic E-state index is 13.3. The third kappa shape index (κ3) is 5.01. The van der Waals surface area contributed by atoms with E-state index in [4.69, 9.17) is 26.5 Å². The summed E-state index contributed by atoms with van der Waals surface area (Å²) < 4.78 is 12.5. The van der Waals surface area contributed by atoms with Crippen molar-refractivity contribution in [2.24, 2.45) is 0 Å². The van der Waals surface area contributed by atoms with Gasteiger partial charge in [-0.25, -0.2) is 4.98 Å². The van der Waals surface area contributed by atoms with Gasteiger partial charge in [-0.15, -0.1) is 0 Å². The van der Waals surface area contributed by atoms with Crippen LogP contribution in [0.1, 0.15) is 16.9 Å². The first kappa shape index (κ1) is 23.2. The summed E-state index contributed by atoms with van der Waals surface area (Å²) in [4.78, 5) is 32.8. The Morgan fingerprint density at radius 2 is 2.15 bits per heavy atom. The molecule has 1 aliphatic rings. The monoisotopic (exact) mass is 486 g/mol. The zero-order valence-electron chi connectivity index (χ0n) is 17.8. The molecule has 172 valence electrons. The molecule has 0 atom stereocenters. The van der Waals surface area contributed by atoms with Gasteiger partial charge in [0.1, 0.15) is 21.5 Å². The number of carbonyl (C=O) groups excluding carboxylic acids is 1. The van der Waals surface area contributed by atoms with E-state index in [1.807, 2.05) is 13.0 Å². The van der Waals surface area contributed by atoms with Crippen molar-refractivity contribution in [3.63, 3.8) is 0 Å². The van der Waals surface area contributed by atoms with E-state index in [9.17, 15) is 9.59 Å². The van der Waals surface area contributed by atoms with Gasteiger partial charge in [-0.1, -0.05) is 30.0 Å². The van der Waals surface area contributed by atoms with Gasteiger partial charge in [-0.05, 0) is 36.8 Å². The maximum Gasteiger partial charge on any atom is 0.267 e. The molecule has 11 heteroatoms. The largest absolute Gasteiger partial charge is 0.467 e. The first-order valence-corrected chi connectivity index (χ1v) is 11.4. The van der Waals surface area contributed by atoms with Crippen LogP contribution in [0.4, 0.5) is 5.82 Å². The van der Waals surface area contributed by atoms with Crippen molar-refractivity contribution in [3.8, 4) is 0 Å². The lowest BCUT2D eigenvalue weighted by molar-refractivity contribution is -0.122. The Morgan fingerprint density at radius 1 is 1.30 bits per heavy atom. The summed E-state index contributed by atoms with van der Waals surface area (Å²) in [6, 6.07) is 7.16. The fourth-order valence-electron chi connectivity index (χ4n) is 3.31. The number of hydrogen-bond donors (Lipinski definition) is 2. The van der Waals surface area contributed by atoms with Crippen LogP contribution in [0.25, 0.3) is 11.7 Å². The molecule has 9 nitrogen and oxygen atoms in total. The summed E-state index contributed by atoms with van der Waals surface area (Å²) in [6.07, 6.45) is 4.71. The Balaban J connectivity index is 1.69. The standard InChI is InChI=1S/C22H22N4O5S2/c1-14-4-2-7-25-19(14)24-18(23-6-10-30-11-8-27)16(20(25)28)12-17-21(29)26(22(32)33-17)13-15-5-3-9-31-15/h2-5,7,9,12,23,27H,6,8,10-11,13H2,1H3. The number of aryl methyl sites for hydroxylation is 1. The molecule has 0 unspecified atom stereocenters. The van der Waals surface area contributed by atoms with Crippen LogP contribution in [0.15, 0.2) is 50.8 Å². The molecule has 3 aromatic heterocycles. The van der Waals surface area contributed by atoms with Crippen LogP contribution in [-0.4, -0.2) is 56.0 Å². The molecule has 0 bridgehead atoms. The molecule has 1 fully saturated rings. The number of aliphatic hydroxyl groups is 1. The first-order chi connectivity index (χ1) is 16.0. The van der Waals surface area contributed by atoms with Gasteiger partial charge >= 0.3 is 0 Å². The number of aromatic nitrogens is 2. The van der Waals surface area contributed by atoms with Gasteiger partial charge < -0.3 is 19.6 Å². The molecule has 0 aromatic carbocycles. The van der Waals surface area contributed by atoms with Gasteiger partial charge in [0.25, 0.3) is 11.5 Å². The molecule has 1 saturated heterocycles. The smallest absolute Gasteiger partial charge is 0.267 e. The molecule has 0 radical (unpaired) electrons. The minimum Gasteiger partial charge on any atom is -0.467 e. The van der Waals surface area contributed by atoms with E-state index in [1.165, 1.54) is 21.6 Å². The zero-order valence-corrected chi connectivity index (χ0v) is 19.4. The summed E-state index contributed by atoms with van der Waals surface area (Å²) in [7, 11) is 0. The quantitative estimate of drug-likeness (QED) is 0.268. The third-order valence-corrected chi connectivity index (χ3v) is 6.28. The van der Waals surface area contributed by atoms with E-state index in [0.717, 1.165) is 17.3 Å². The molecular weight excluding hydrogens is 464 g/mol. The predicted octanol–water partition coefficient (Wildman–Crippen LogP) is 2.42. The number of fused-ring (bicyclic) bond motifs is 1. The molecule has 2 N–H and O–H groups in total. The molecule has 33 heavy (non-hydrogen) atoms. The number of amides is 1. The van der Waals surface area contributed by atoms with Crippen LogP contribution in [0.3, 0.4) is 0 Å². The number of hydrogen-bond acceptors (Lipinski definition) is 9. The van der Waals surface area contributed by atoms with E-state index in [1.54, 1.807) is 24.4 Å². The Morgan fingerprint density at radius 3 is 2.91 bits per heavy atom. The topological polar surface area (TPSA) is 109 Å². The number of rotatable bonds is 9. The van der Waals surface area contributed by atoms with Crippen LogP contribution in [-0.2, 0) is 16.1 Å². The summed E-state index contributed by atoms with van der Waals surface area (Å²) >= 11 is 6.52. The average Bonchev–Trinajstić information content (AvgIpc) is 3.40. The second kappa shape index (κ2) is 10.3. The third-order valence-electron chi connectivity index (χ3n) is 4.90. The van der Waals surface area contributed by atoms with Crippen LogP contribution in [0, 0.1) is 6.92 Å². The van der Waals surface area contributed by atoms with Crippen LogP contribution >= 0.6 is 24.0 Å². The highest BCUT2D eigenvalue weighted by molar-refractivity contribution is 8.26. The van der Waals surface area contributed by atoms with Crippen LogP contribution < -0.4 is 10.9 Å². The van der Waals surface area contributed by atoms with Crippen molar-refractivity contribution in [2.45, 2.75) is 13.5 Å². The lowest BCUT2D eigenvalue weighted by atomic mass is 10.2. The predicted molar refractivity (Wildman–Crippen MR) is 130 cm³/mol. The highest BCUT2D eigenvalue weighted by Crippen LogP contribution is 2.34. The first-order valence-electron chi connectivity index (χ1n) is 10.2. The Bertz CT molecular complexity index is 1270. The van der Waals surface area contributed by atoms with Crippen molar-refractivity contribution in [1.29, 1.82) is 0 Å². The number of nitrogens with one attached hydrogen (secondary N) is 1. The maximum absolute atomic E-state index is 13.3. The summed E-state index contributed by atoms with van der Waals surface area (Å²) in [6.45, 7) is 2.93. The van der Waals surface area contributed by atoms with E-state index >= 15 is 0 Å². The Hall–Kier alpha value is -2.99. The van der Waals surface area contributed by atoms with Gasteiger partial charge in [-0.3, -0.25) is 18.9 Å². The van der Waals surface area contributed by atoms with Crippen molar-refractivity contribution in [3.05, 3.63) is 68.9 Å². The summed E-state index contributed by atoms with van der Waals surface area (Å²) in [5, 5.41) is 12.0. The number of ether oxygens (including phenoxy) is 1. The molecule has 4 rings (SSSR count). The number of anilines is 1. The van der Waals surface area contributed by atoms with Gasteiger partial charge in [0.05, 0.1) is 43.1 Å². The fourth-order valence-corrected chi connectivity index (χ4v) is 4.55. The summed E-state index contributed by atoms with van der Waals surface area (Å²) in [5.41, 5.74) is 1.30. The average molecular weight is 487 g/mol. The van der Waals surface area contributed by atoms with Crippen molar-refractivity contribution >= 4 is 51.7 Å². The van der Waals surface area contributed by atoms with Crippen LogP contribution in [0.2, 0.25) is 0 Å². The second-order valence-corrected chi connectivity index (χ2v) is 8.85. The van der Waals surface area contributed by atoms with E-state index in [0.29, 0.717) is 39.6 Å². The second-order valence-electron chi connectivity index (χ2n) is 7.17. The van der Waals surface area contributed by atoms with Gasteiger partial charge in [0, 0.05) is 12.7 Å². The Kier molecular flexibility index (Phi) is 7.23. The minimum atomic E-state index is -0.307. The fraction of sp³-hybridized carbons (Fsp3) is 0.273. The number of aliphatic hydroxyl groups excluding tert-OH is 1. The van der Waals surface area contributed by atoms with Gasteiger partial charge in [-0.2, -0.15) is 0 Å². The molecule has 3 aromatic rings.